The van der Waals surface area contributed by atoms with E-state index in [2.05, 4.69) is 0 Å². The highest BCUT2D eigenvalue weighted by Gasteiger charge is 2.21. The quantitative estimate of drug-likeness (QED) is 0.705. The van der Waals surface area contributed by atoms with Gasteiger partial charge in [0.2, 0.25) is 0 Å². The molecule has 4 nitrogen and oxygen atoms in total. The molecule has 0 aliphatic carbocycles. The summed E-state index contributed by atoms with van der Waals surface area (Å²) >= 11 is 7.41. The van der Waals surface area contributed by atoms with Gasteiger partial charge in [0.05, 0.1) is 11.1 Å². The second-order valence-corrected chi connectivity index (χ2v) is 6.58. The summed E-state index contributed by atoms with van der Waals surface area (Å²) in [5, 5.41) is 20.3. The Balaban J connectivity index is 2.27. The molecule has 0 amide bonds. The highest BCUT2D eigenvalue weighted by atomic mass is 35.5. The van der Waals surface area contributed by atoms with Crippen molar-refractivity contribution in [2.75, 3.05) is 0 Å². The first-order valence-corrected chi connectivity index (χ1v) is 7.87. The van der Waals surface area contributed by atoms with E-state index in [1.165, 1.54) is 24.3 Å². The molecule has 1 aromatic heterocycles. The van der Waals surface area contributed by atoms with Crippen LogP contribution in [0.25, 0.3) is 20.5 Å². The van der Waals surface area contributed by atoms with Gasteiger partial charge in [-0.25, -0.2) is 9.59 Å². The van der Waals surface area contributed by atoms with Crippen molar-refractivity contribution in [3.63, 3.8) is 0 Å². The monoisotopic (exact) mass is 346 g/mol. The number of hydrogen-bond acceptors (Lipinski definition) is 3. The fourth-order valence-electron chi connectivity index (χ4n) is 2.56. The van der Waals surface area contributed by atoms with Crippen LogP contribution in [0.4, 0.5) is 0 Å². The number of benzene rings is 2. The van der Waals surface area contributed by atoms with Crippen LogP contribution in [0.3, 0.4) is 0 Å². The maximum atomic E-state index is 11.7. The number of thiophene rings is 1. The number of rotatable bonds is 3. The molecule has 0 aliphatic heterocycles. The van der Waals surface area contributed by atoms with Crippen LogP contribution in [0.2, 0.25) is 5.02 Å². The van der Waals surface area contributed by atoms with Gasteiger partial charge in [-0.3, -0.25) is 0 Å². The Kier molecular flexibility index (Phi) is 3.83. The zero-order valence-electron chi connectivity index (χ0n) is 12.0. The average molecular weight is 347 g/mol. The summed E-state index contributed by atoms with van der Waals surface area (Å²) in [4.78, 5) is 23.6. The summed E-state index contributed by atoms with van der Waals surface area (Å²) in [5.74, 6) is -2.28. The number of carboxylic acids is 2. The first-order valence-electron chi connectivity index (χ1n) is 6.68. The van der Waals surface area contributed by atoms with E-state index < -0.39 is 11.9 Å². The lowest BCUT2D eigenvalue weighted by Crippen LogP contribution is -2.08. The molecule has 0 fully saturated rings. The fraction of sp³-hybridized carbons (Fsp3) is 0.0588. The smallest absolute Gasteiger partial charge is 0.336 e. The van der Waals surface area contributed by atoms with Crippen LogP contribution in [0.5, 0.6) is 0 Å². The van der Waals surface area contributed by atoms with Gasteiger partial charge in [-0.1, -0.05) is 23.7 Å². The third-order valence-electron chi connectivity index (χ3n) is 3.66. The Labute approximate surface area is 140 Å². The molecule has 2 N–H and O–H groups in total. The second-order valence-electron chi connectivity index (χ2n) is 5.06. The van der Waals surface area contributed by atoms with Crippen LogP contribution in [-0.2, 0) is 0 Å². The normalized spacial score (nSPS) is 10.9. The number of halogens is 1. The van der Waals surface area contributed by atoms with Gasteiger partial charge >= 0.3 is 11.9 Å². The Morgan fingerprint density at radius 1 is 1.04 bits per heavy atom. The second kappa shape index (κ2) is 5.68. The maximum absolute atomic E-state index is 11.7. The molecule has 0 saturated carbocycles. The standard InChI is InChI=1S/C17H11ClO4S/c1-8-11(16(19)20)4-5-12(15(8)17(21)22)14-6-9-2-3-10(18)7-13(9)23-14/h2-7H,1H3,(H,19,20)(H,21,22). The van der Waals surface area contributed by atoms with E-state index in [0.29, 0.717) is 10.6 Å². The molecule has 0 radical (unpaired) electrons. The lowest BCUT2D eigenvalue weighted by Gasteiger charge is -2.10. The Morgan fingerprint density at radius 2 is 1.78 bits per heavy atom. The number of carbonyl (C=O) groups is 2. The van der Waals surface area contributed by atoms with E-state index in [1.54, 1.807) is 12.1 Å². The van der Waals surface area contributed by atoms with Crippen LogP contribution in [0, 0.1) is 6.92 Å². The Hall–Kier alpha value is -2.37. The minimum absolute atomic E-state index is 0.00435. The van der Waals surface area contributed by atoms with E-state index in [-0.39, 0.29) is 16.7 Å². The van der Waals surface area contributed by atoms with Gasteiger partial charge in [0.15, 0.2) is 0 Å². The molecule has 0 spiro atoms. The molecular weight excluding hydrogens is 336 g/mol. The lowest BCUT2D eigenvalue weighted by molar-refractivity contribution is 0.0696. The average Bonchev–Trinajstić information content (AvgIpc) is 2.88. The molecular formula is C17H11ClO4S. The first-order chi connectivity index (χ1) is 10.9. The maximum Gasteiger partial charge on any atom is 0.336 e. The molecule has 0 atom stereocenters. The van der Waals surface area contributed by atoms with Crippen LogP contribution < -0.4 is 0 Å². The summed E-state index contributed by atoms with van der Waals surface area (Å²) in [6.45, 7) is 1.51. The van der Waals surface area contributed by atoms with Crippen molar-refractivity contribution in [2.24, 2.45) is 0 Å². The van der Waals surface area contributed by atoms with Crippen molar-refractivity contribution in [3.05, 3.63) is 58.1 Å². The predicted molar refractivity (Wildman–Crippen MR) is 90.9 cm³/mol. The van der Waals surface area contributed by atoms with E-state index in [4.69, 9.17) is 11.6 Å². The third-order valence-corrected chi connectivity index (χ3v) is 5.02. The minimum Gasteiger partial charge on any atom is -0.478 e. The van der Waals surface area contributed by atoms with Crippen molar-refractivity contribution < 1.29 is 19.8 Å². The van der Waals surface area contributed by atoms with Crippen LogP contribution in [-0.4, -0.2) is 22.2 Å². The number of carboxylic acid groups (broad SMARTS) is 2. The van der Waals surface area contributed by atoms with Gasteiger partial charge in [0.1, 0.15) is 0 Å². The minimum atomic E-state index is -1.14. The molecule has 0 aliphatic rings. The van der Waals surface area contributed by atoms with E-state index in [1.807, 2.05) is 18.2 Å². The van der Waals surface area contributed by atoms with E-state index in [9.17, 15) is 19.8 Å². The van der Waals surface area contributed by atoms with Crippen LogP contribution >= 0.6 is 22.9 Å². The molecule has 2 aromatic carbocycles. The number of hydrogen-bond donors (Lipinski definition) is 2. The van der Waals surface area contributed by atoms with Gasteiger partial charge in [-0.2, -0.15) is 0 Å². The third kappa shape index (κ3) is 2.69. The molecule has 6 heteroatoms. The Morgan fingerprint density at radius 3 is 2.43 bits per heavy atom. The largest absolute Gasteiger partial charge is 0.478 e. The molecule has 3 rings (SSSR count). The summed E-state index contributed by atoms with van der Waals surface area (Å²) in [6.07, 6.45) is 0. The van der Waals surface area contributed by atoms with Gasteiger partial charge in [0, 0.05) is 20.2 Å². The zero-order chi connectivity index (χ0) is 16.7. The molecule has 0 bridgehead atoms. The topological polar surface area (TPSA) is 74.6 Å². The van der Waals surface area contributed by atoms with Crippen LogP contribution in [0.1, 0.15) is 26.3 Å². The zero-order valence-corrected chi connectivity index (χ0v) is 13.5. The summed E-state index contributed by atoms with van der Waals surface area (Å²) in [5.41, 5.74) is 0.771. The Bertz CT molecular complexity index is 959. The molecule has 1 heterocycles. The molecule has 3 aromatic rings. The van der Waals surface area contributed by atoms with Gasteiger partial charge < -0.3 is 10.2 Å². The number of aromatic carboxylic acids is 2. The van der Waals surface area contributed by atoms with Crippen molar-refractivity contribution in [2.45, 2.75) is 6.92 Å². The molecule has 23 heavy (non-hydrogen) atoms. The highest BCUT2D eigenvalue weighted by molar-refractivity contribution is 7.22. The van der Waals surface area contributed by atoms with Crippen molar-refractivity contribution in [1.29, 1.82) is 0 Å². The van der Waals surface area contributed by atoms with Gasteiger partial charge in [-0.15, -0.1) is 11.3 Å². The number of fused-ring (bicyclic) bond motifs is 1. The first kappa shape index (κ1) is 15.5. The lowest BCUT2D eigenvalue weighted by atomic mass is 9.96. The van der Waals surface area contributed by atoms with Crippen molar-refractivity contribution in [1.82, 2.24) is 0 Å². The highest BCUT2D eigenvalue weighted by Crippen LogP contribution is 2.37. The molecule has 0 saturated heterocycles. The van der Waals surface area contributed by atoms with Gasteiger partial charge in [0.25, 0.3) is 0 Å². The SMILES string of the molecule is Cc1c(C(=O)O)ccc(-c2cc3ccc(Cl)cc3s2)c1C(=O)O. The van der Waals surface area contributed by atoms with E-state index in [0.717, 1.165) is 15.0 Å². The van der Waals surface area contributed by atoms with Crippen LogP contribution in [0.15, 0.2) is 36.4 Å². The van der Waals surface area contributed by atoms with E-state index >= 15 is 0 Å². The molecule has 116 valence electrons. The van der Waals surface area contributed by atoms with Gasteiger partial charge in [-0.05, 0) is 42.1 Å². The summed E-state index contributed by atoms with van der Waals surface area (Å²) in [7, 11) is 0. The predicted octanol–water partition coefficient (Wildman–Crippen LogP) is 4.93. The summed E-state index contributed by atoms with van der Waals surface area (Å²) in [6, 6.07) is 10.3. The van der Waals surface area contributed by atoms with Crippen molar-refractivity contribution in [3.8, 4) is 10.4 Å². The van der Waals surface area contributed by atoms with Crippen molar-refractivity contribution >= 4 is 45.0 Å². The summed E-state index contributed by atoms with van der Waals surface area (Å²) < 4.78 is 0.948. The fourth-order valence-corrected chi connectivity index (χ4v) is 3.93. The molecule has 0 unspecified atom stereocenters.